The summed E-state index contributed by atoms with van der Waals surface area (Å²) in [6, 6.07) is 0. The molecule has 0 spiro atoms. The molecule has 0 saturated carbocycles. The van der Waals surface area contributed by atoms with Crippen LogP contribution in [-0.4, -0.2) is 69.9 Å². The molecule has 0 fully saturated rings. The molecule has 0 radical (unpaired) electrons. The molecule has 0 aliphatic carbocycles. The zero-order valence-corrected chi connectivity index (χ0v) is 7.74. The van der Waals surface area contributed by atoms with E-state index in [2.05, 4.69) is 9.99 Å². The third-order valence-electron chi connectivity index (χ3n) is 1.62. The van der Waals surface area contributed by atoms with Crippen molar-refractivity contribution in [3.8, 4) is 0 Å². The fraction of sp³-hybridized carbons (Fsp3) is 0.857. The Bertz CT molecular complexity index is 185. The third-order valence-corrected chi connectivity index (χ3v) is 1.62. The Morgan fingerprint density at radius 3 is 2.21 bits per heavy atom. The average molecular weight is 209 g/mol. The van der Waals surface area contributed by atoms with Crippen LogP contribution in [-0.2, 0) is 4.84 Å². The van der Waals surface area contributed by atoms with Gasteiger partial charge in [0.2, 0.25) is 0 Å². The molecule has 7 heteroatoms. The first-order valence-electron chi connectivity index (χ1n) is 3.94. The summed E-state index contributed by atoms with van der Waals surface area (Å²) in [5, 5.41) is 47.9. The van der Waals surface area contributed by atoms with Gasteiger partial charge in [-0.15, -0.1) is 0 Å². The summed E-state index contributed by atoms with van der Waals surface area (Å²) in [4.78, 5) is 4.29. The Labute approximate surface area is 80.9 Å². The Hall–Kier alpha value is -0.730. The lowest BCUT2D eigenvalue weighted by molar-refractivity contribution is -0.0572. The molecule has 0 heterocycles. The molecule has 0 saturated heterocycles. The minimum absolute atomic E-state index is 0.229. The van der Waals surface area contributed by atoms with Gasteiger partial charge in [-0.3, -0.25) is 0 Å². The van der Waals surface area contributed by atoms with Gasteiger partial charge in [0.25, 0.3) is 0 Å². The first-order valence-corrected chi connectivity index (χ1v) is 3.94. The molecule has 0 aromatic heterocycles. The van der Waals surface area contributed by atoms with Crippen molar-refractivity contribution in [2.24, 2.45) is 5.16 Å². The van der Waals surface area contributed by atoms with Crippen molar-refractivity contribution >= 4 is 5.71 Å². The summed E-state index contributed by atoms with van der Waals surface area (Å²) in [5.74, 6) is 0. The normalized spacial score (nSPS) is 18.9. The SMILES string of the molecule is CON=C(CO)[C@@H](O)[C@H](O)[C@H](O)CO. The van der Waals surface area contributed by atoms with Crippen LogP contribution in [0.25, 0.3) is 0 Å². The quantitative estimate of drug-likeness (QED) is 0.235. The Morgan fingerprint density at radius 2 is 1.86 bits per heavy atom. The van der Waals surface area contributed by atoms with Crippen LogP contribution in [0.1, 0.15) is 0 Å². The lowest BCUT2D eigenvalue weighted by Gasteiger charge is -2.21. The maximum Gasteiger partial charge on any atom is 0.126 e. The fourth-order valence-electron chi connectivity index (χ4n) is 0.809. The first-order chi connectivity index (χ1) is 6.58. The van der Waals surface area contributed by atoms with Gasteiger partial charge in [-0.25, -0.2) is 0 Å². The minimum atomic E-state index is -1.62. The number of aliphatic hydroxyl groups is 5. The second-order valence-corrected chi connectivity index (χ2v) is 2.61. The summed E-state index contributed by atoms with van der Waals surface area (Å²) in [7, 11) is 1.21. The van der Waals surface area contributed by atoms with Crippen LogP contribution in [0, 0.1) is 0 Å². The molecule has 0 rings (SSSR count). The predicted octanol–water partition coefficient (Wildman–Crippen LogP) is -2.94. The molecule has 0 aliphatic rings. The molecule has 0 unspecified atom stereocenters. The molecular formula is C7H15NO6. The van der Waals surface area contributed by atoms with E-state index in [0.29, 0.717) is 0 Å². The van der Waals surface area contributed by atoms with E-state index in [1.165, 1.54) is 7.11 Å². The Balaban J connectivity index is 4.41. The van der Waals surface area contributed by atoms with Gasteiger partial charge in [-0.05, 0) is 0 Å². The van der Waals surface area contributed by atoms with Gasteiger partial charge in [0, 0.05) is 0 Å². The van der Waals surface area contributed by atoms with E-state index < -0.39 is 31.5 Å². The van der Waals surface area contributed by atoms with Crippen LogP contribution in [0.4, 0.5) is 0 Å². The van der Waals surface area contributed by atoms with E-state index in [-0.39, 0.29) is 5.71 Å². The van der Waals surface area contributed by atoms with E-state index >= 15 is 0 Å². The Morgan fingerprint density at radius 1 is 1.29 bits per heavy atom. The molecule has 0 aromatic rings. The van der Waals surface area contributed by atoms with E-state index in [0.717, 1.165) is 0 Å². The second kappa shape index (κ2) is 6.68. The van der Waals surface area contributed by atoms with Crippen LogP contribution >= 0.6 is 0 Å². The highest BCUT2D eigenvalue weighted by Crippen LogP contribution is 2.02. The summed E-state index contributed by atoms with van der Waals surface area (Å²) in [6.45, 7) is -1.33. The maximum atomic E-state index is 9.32. The van der Waals surface area contributed by atoms with E-state index in [9.17, 15) is 10.2 Å². The highest BCUT2D eigenvalue weighted by atomic mass is 16.6. The Kier molecular flexibility index (Phi) is 6.34. The first kappa shape index (κ1) is 13.3. The van der Waals surface area contributed by atoms with E-state index in [1.807, 2.05) is 0 Å². The van der Waals surface area contributed by atoms with Crippen molar-refractivity contribution in [3.63, 3.8) is 0 Å². The van der Waals surface area contributed by atoms with Crippen LogP contribution in [0.15, 0.2) is 5.16 Å². The number of nitrogens with zero attached hydrogens (tertiary/aromatic N) is 1. The number of oxime groups is 1. The maximum absolute atomic E-state index is 9.32. The second-order valence-electron chi connectivity index (χ2n) is 2.61. The van der Waals surface area contributed by atoms with E-state index in [1.54, 1.807) is 0 Å². The fourth-order valence-corrected chi connectivity index (χ4v) is 0.809. The summed E-state index contributed by atoms with van der Waals surface area (Å²) < 4.78 is 0. The van der Waals surface area contributed by atoms with Crippen LogP contribution in [0.3, 0.4) is 0 Å². The van der Waals surface area contributed by atoms with Gasteiger partial charge in [-0.1, -0.05) is 5.16 Å². The summed E-state index contributed by atoms with van der Waals surface area (Å²) in [5.41, 5.74) is -0.229. The molecular weight excluding hydrogens is 194 g/mol. The summed E-state index contributed by atoms with van der Waals surface area (Å²) >= 11 is 0. The predicted molar refractivity (Wildman–Crippen MR) is 46.6 cm³/mol. The van der Waals surface area contributed by atoms with Crippen LogP contribution in [0.5, 0.6) is 0 Å². The third kappa shape index (κ3) is 3.56. The molecule has 0 aliphatic heterocycles. The van der Waals surface area contributed by atoms with Crippen molar-refractivity contribution in [2.75, 3.05) is 20.3 Å². The summed E-state index contributed by atoms with van der Waals surface area (Å²) in [6.07, 6.45) is -4.71. The molecule has 5 N–H and O–H groups in total. The topological polar surface area (TPSA) is 123 Å². The zero-order chi connectivity index (χ0) is 11.1. The number of hydrogen-bond acceptors (Lipinski definition) is 7. The van der Waals surface area contributed by atoms with Crippen molar-refractivity contribution in [1.29, 1.82) is 0 Å². The largest absolute Gasteiger partial charge is 0.399 e. The lowest BCUT2D eigenvalue weighted by atomic mass is 10.0. The number of hydrogen-bond donors (Lipinski definition) is 5. The van der Waals surface area contributed by atoms with Gasteiger partial charge >= 0.3 is 0 Å². The average Bonchev–Trinajstić information content (AvgIpc) is 2.22. The van der Waals surface area contributed by atoms with Gasteiger partial charge in [0.05, 0.1) is 13.2 Å². The van der Waals surface area contributed by atoms with E-state index in [4.69, 9.17) is 15.3 Å². The lowest BCUT2D eigenvalue weighted by Crippen LogP contribution is -2.45. The molecule has 0 bridgehead atoms. The number of rotatable bonds is 6. The minimum Gasteiger partial charge on any atom is -0.399 e. The highest BCUT2D eigenvalue weighted by Gasteiger charge is 2.28. The van der Waals surface area contributed by atoms with Gasteiger partial charge in [0.15, 0.2) is 0 Å². The van der Waals surface area contributed by atoms with Gasteiger partial charge in [0.1, 0.15) is 31.1 Å². The van der Waals surface area contributed by atoms with Crippen LogP contribution in [0.2, 0.25) is 0 Å². The standard InChI is InChI=1S/C7H15NO6/c1-14-8-4(2-9)6(12)7(13)5(11)3-10/h5-7,9-13H,2-3H2,1H3/t5-,6-,7-/m1/s1. The van der Waals surface area contributed by atoms with Crippen molar-refractivity contribution < 1.29 is 30.4 Å². The number of aliphatic hydroxyl groups excluding tert-OH is 5. The van der Waals surface area contributed by atoms with Gasteiger partial charge in [-0.2, -0.15) is 0 Å². The molecule has 0 amide bonds. The molecule has 0 aromatic carbocycles. The smallest absolute Gasteiger partial charge is 0.126 e. The van der Waals surface area contributed by atoms with Gasteiger partial charge < -0.3 is 30.4 Å². The molecule has 7 nitrogen and oxygen atoms in total. The molecule has 14 heavy (non-hydrogen) atoms. The zero-order valence-electron chi connectivity index (χ0n) is 7.74. The van der Waals surface area contributed by atoms with Crippen molar-refractivity contribution in [3.05, 3.63) is 0 Å². The monoisotopic (exact) mass is 209 g/mol. The van der Waals surface area contributed by atoms with Crippen molar-refractivity contribution in [2.45, 2.75) is 18.3 Å². The molecule has 84 valence electrons. The van der Waals surface area contributed by atoms with Crippen molar-refractivity contribution in [1.82, 2.24) is 0 Å². The molecule has 3 atom stereocenters. The highest BCUT2D eigenvalue weighted by molar-refractivity contribution is 5.89. The van der Waals surface area contributed by atoms with Crippen LogP contribution < -0.4 is 0 Å².